The summed E-state index contributed by atoms with van der Waals surface area (Å²) in [5.74, 6) is 0.113. The van der Waals surface area contributed by atoms with Gasteiger partial charge < -0.3 is 9.64 Å². The lowest BCUT2D eigenvalue weighted by Gasteiger charge is -2.55. The van der Waals surface area contributed by atoms with Gasteiger partial charge in [-0.25, -0.2) is 0 Å². The maximum atomic E-state index is 12.1. The highest BCUT2D eigenvalue weighted by molar-refractivity contribution is 5.81. The Bertz CT molecular complexity index is 584. The highest BCUT2D eigenvalue weighted by Gasteiger charge is 2.49. The van der Waals surface area contributed by atoms with Crippen LogP contribution in [-0.4, -0.2) is 84.6 Å². The average molecular weight is 318 g/mol. The number of aryl methyl sites for hydroxylation is 1. The van der Waals surface area contributed by atoms with Crippen molar-refractivity contribution >= 4 is 5.91 Å². The van der Waals surface area contributed by atoms with Crippen LogP contribution in [0.25, 0.3) is 0 Å². The number of carbonyl (C=O) groups is 1. The van der Waals surface area contributed by atoms with Crippen molar-refractivity contribution in [1.82, 2.24) is 19.7 Å². The van der Waals surface area contributed by atoms with Crippen molar-refractivity contribution in [3.8, 4) is 0 Å². The molecule has 0 aliphatic carbocycles. The van der Waals surface area contributed by atoms with Crippen molar-refractivity contribution in [2.75, 3.05) is 47.4 Å². The van der Waals surface area contributed by atoms with Crippen LogP contribution in [0.2, 0.25) is 0 Å². The van der Waals surface area contributed by atoms with Gasteiger partial charge in [0.05, 0.1) is 12.3 Å². The van der Waals surface area contributed by atoms with E-state index in [2.05, 4.69) is 26.9 Å². The first-order valence-electron chi connectivity index (χ1n) is 8.09. The Balaban J connectivity index is 1.54. The van der Waals surface area contributed by atoms with Crippen LogP contribution >= 0.6 is 0 Å². The van der Waals surface area contributed by atoms with Crippen LogP contribution in [-0.2, 0) is 16.1 Å². The molecule has 2 aliphatic rings. The average Bonchev–Trinajstić information content (AvgIpc) is 2.45. The summed E-state index contributed by atoms with van der Waals surface area (Å²) in [6.45, 7) is 5.95. The van der Waals surface area contributed by atoms with E-state index in [1.807, 2.05) is 20.0 Å². The van der Waals surface area contributed by atoms with Crippen molar-refractivity contribution in [2.24, 2.45) is 0 Å². The highest BCUT2D eigenvalue weighted by atomic mass is 16.5. The van der Waals surface area contributed by atoms with Crippen LogP contribution in [0.1, 0.15) is 11.4 Å². The molecule has 6 heteroatoms. The molecule has 0 radical (unpaired) electrons. The van der Waals surface area contributed by atoms with E-state index in [0.29, 0.717) is 6.61 Å². The van der Waals surface area contributed by atoms with Crippen molar-refractivity contribution in [3.63, 3.8) is 0 Å². The van der Waals surface area contributed by atoms with Gasteiger partial charge in [-0.2, -0.15) is 0 Å². The summed E-state index contributed by atoms with van der Waals surface area (Å²) in [7, 11) is 5.60. The fraction of sp³-hybridized carbons (Fsp3) is 0.647. The molecule has 2 aliphatic heterocycles. The van der Waals surface area contributed by atoms with E-state index in [-0.39, 0.29) is 17.6 Å². The predicted molar refractivity (Wildman–Crippen MR) is 88.0 cm³/mol. The van der Waals surface area contributed by atoms with Crippen LogP contribution < -0.4 is 0 Å². The fourth-order valence-electron chi connectivity index (χ4n) is 3.54. The third kappa shape index (κ3) is 3.39. The van der Waals surface area contributed by atoms with E-state index in [4.69, 9.17) is 4.74 Å². The van der Waals surface area contributed by atoms with Gasteiger partial charge in [-0.05, 0) is 26.1 Å². The Morgan fingerprint density at radius 2 is 2.13 bits per heavy atom. The number of hydrogen-bond acceptors (Lipinski definition) is 5. The van der Waals surface area contributed by atoms with Crippen molar-refractivity contribution in [2.45, 2.75) is 25.1 Å². The first-order chi connectivity index (χ1) is 10.9. The zero-order valence-corrected chi connectivity index (χ0v) is 14.5. The van der Waals surface area contributed by atoms with Gasteiger partial charge >= 0.3 is 0 Å². The summed E-state index contributed by atoms with van der Waals surface area (Å²) < 4.78 is 6.10. The molecular weight excluding hydrogens is 292 g/mol. The number of rotatable bonds is 3. The molecule has 2 saturated heterocycles. The number of nitrogens with zero attached hydrogens (tertiary/aromatic N) is 4. The zero-order chi connectivity index (χ0) is 16.6. The lowest BCUT2D eigenvalue weighted by molar-refractivity contribution is -0.201. The molecule has 3 rings (SSSR count). The molecule has 1 spiro atoms. The molecule has 1 aromatic rings. The number of carbonyl (C=O) groups excluding carboxylic acids is 1. The second-order valence-electron chi connectivity index (χ2n) is 7.07. The zero-order valence-electron chi connectivity index (χ0n) is 14.5. The van der Waals surface area contributed by atoms with Crippen LogP contribution in [0.4, 0.5) is 0 Å². The third-order valence-corrected chi connectivity index (χ3v) is 4.70. The van der Waals surface area contributed by atoms with Gasteiger partial charge in [0.1, 0.15) is 11.6 Å². The van der Waals surface area contributed by atoms with Crippen molar-refractivity contribution in [3.05, 3.63) is 29.6 Å². The Kier molecular flexibility index (Phi) is 4.40. The van der Waals surface area contributed by atoms with Gasteiger partial charge in [0.25, 0.3) is 0 Å². The Morgan fingerprint density at radius 3 is 2.74 bits per heavy atom. The Labute approximate surface area is 138 Å². The number of aromatic nitrogens is 1. The van der Waals surface area contributed by atoms with E-state index in [9.17, 15) is 4.79 Å². The third-order valence-electron chi connectivity index (χ3n) is 4.70. The number of likely N-dealkylation sites (N-methyl/N-ethyl adjacent to an activating group) is 2. The summed E-state index contributed by atoms with van der Waals surface area (Å²) in [6.07, 6.45) is 0. The minimum atomic E-state index is -0.164. The van der Waals surface area contributed by atoms with Gasteiger partial charge in [0, 0.05) is 46.0 Å². The molecule has 0 N–H and O–H groups in total. The van der Waals surface area contributed by atoms with E-state index < -0.39 is 0 Å². The second kappa shape index (κ2) is 6.19. The molecule has 0 bridgehead atoms. The smallest absolute Gasteiger partial charge is 0.241 e. The number of morpholine rings is 1. The first-order valence-corrected chi connectivity index (χ1v) is 8.09. The van der Waals surface area contributed by atoms with Gasteiger partial charge in [0.15, 0.2) is 0 Å². The summed E-state index contributed by atoms with van der Waals surface area (Å²) in [4.78, 5) is 22.8. The molecule has 1 atom stereocenters. The number of amides is 1. The maximum Gasteiger partial charge on any atom is 0.241 e. The Hall–Kier alpha value is -1.50. The molecule has 0 aromatic carbocycles. The normalized spacial score (nSPS) is 24.4. The van der Waals surface area contributed by atoms with E-state index >= 15 is 0 Å². The molecule has 1 amide bonds. The minimum absolute atomic E-state index is 0.113. The quantitative estimate of drug-likeness (QED) is 0.806. The molecule has 126 valence electrons. The largest absolute Gasteiger partial charge is 0.369 e. The first kappa shape index (κ1) is 16.4. The summed E-state index contributed by atoms with van der Waals surface area (Å²) in [5, 5.41) is 0. The molecule has 23 heavy (non-hydrogen) atoms. The number of likely N-dealkylation sites (tertiary alicyclic amines) is 1. The SMILES string of the molecule is Cc1cccc(CN2CC3(C2)CN(C)[C@@H](C(=O)N(C)C)CO3)n1. The lowest BCUT2D eigenvalue weighted by Crippen LogP contribution is -2.72. The van der Waals surface area contributed by atoms with Gasteiger partial charge in [-0.3, -0.25) is 19.6 Å². The lowest BCUT2D eigenvalue weighted by atomic mass is 9.90. The molecular formula is C17H26N4O2. The fourth-order valence-corrected chi connectivity index (χ4v) is 3.54. The van der Waals surface area contributed by atoms with Crippen LogP contribution in [0, 0.1) is 6.92 Å². The molecule has 1 aromatic heterocycles. The summed E-state index contributed by atoms with van der Waals surface area (Å²) in [5.41, 5.74) is 2.03. The summed E-state index contributed by atoms with van der Waals surface area (Å²) in [6, 6.07) is 5.97. The Morgan fingerprint density at radius 1 is 1.39 bits per heavy atom. The van der Waals surface area contributed by atoms with Gasteiger partial charge in [0.2, 0.25) is 5.91 Å². The number of hydrogen-bond donors (Lipinski definition) is 0. The van der Waals surface area contributed by atoms with Crippen molar-refractivity contribution < 1.29 is 9.53 Å². The molecule has 2 fully saturated rings. The van der Waals surface area contributed by atoms with E-state index in [1.54, 1.807) is 19.0 Å². The van der Waals surface area contributed by atoms with Crippen molar-refractivity contribution in [1.29, 1.82) is 0 Å². The minimum Gasteiger partial charge on any atom is -0.369 e. The highest BCUT2D eigenvalue weighted by Crippen LogP contribution is 2.31. The van der Waals surface area contributed by atoms with Gasteiger partial charge in [-0.1, -0.05) is 6.07 Å². The molecule has 3 heterocycles. The molecule has 6 nitrogen and oxygen atoms in total. The van der Waals surface area contributed by atoms with Crippen LogP contribution in [0.3, 0.4) is 0 Å². The molecule has 0 unspecified atom stereocenters. The topological polar surface area (TPSA) is 48.9 Å². The summed E-state index contributed by atoms with van der Waals surface area (Å²) >= 11 is 0. The van der Waals surface area contributed by atoms with E-state index in [1.165, 1.54) is 0 Å². The van der Waals surface area contributed by atoms with Crippen LogP contribution in [0.5, 0.6) is 0 Å². The van der Waals surface area contributed by atoms with E-state index in [0.717, 1.165) is 37.6 Å². The standard InChI is InChI=1S/C17H26N4O2/c1-13-6-5-7-14(18-13)8-21-11-17(12-21)10-20(4)15(9-23-17)16(22)19(2)3/h5-7,15H,8-12H2,1-4H3/t15-/m1/s1. The number of ether oxygens (including phenoxy) is 1. The van der Waals surface area contributed by atoms with Gasteiger partial charge in [-0.15, -0.1) is 0 Å². The van der Waals surface area contributed by atoms with Crippen LogP contribution in [0.15, 0.2) is 18.2 Å². The maximum absolute atomic E-state index is 12.1. The number of pyridine rings is 1. The monoisotopic (exact) mass is 318 g/mol. The molecule has 0 saturated carbocycles. The second-order valence-corrected chi connectivity index (χ2v) is 7.07. The predicted octanol–water partition coefficient (Wildman–Crippen LogP) is 0.363.